The third kappa shape index (κ3) is 2.99. The van der Waals surface area contributed by atoms with Gasteiger partial charge in [0.05, 0.1) is 6.42 Å². The van der Waals surface area contributed by atoms with E-state index < -0.39 is 5.97 Å². The molecule has 1 atom stereocenters. The maximum atomic E-state index is 10.7. The Morgan fingerprint density at radius 3 is 2.57 bits per heavy atom. The van der Waals surface area contributed by atoms with Crippen LogP contribution in [-0.4, -0.2) is 41.5 Å². The zero-order chi connectivity index (χ0) is 10.7. The van der Waals surface area contributed by atoms with Gasteiger partial charge in [0.2, 0.25) is 5.91 Å². The Morgan fingerprint density at radius 1 is 1.57 bits per heavy atom. The second kappa shape index (κ2) is 4.41. The molecule has 0 bridgehead atoms. The van der Waals surface area contributed by atoms with Crippen molar-refractivity contribution in [3.05, 3.63) is 0 Å². The van der Waals surface area contributed by atoms with Gasteiger partial charge in [-0.05, 0) is 5.92 Å². The van der Waals surface area contributed by atoms with Gasteiger partial charge < -0.3 is 15.7 Å². The molecule has 0 aromatic heterocycles. The highest BCUT2D eigenvalue weighted by molar-refractivity contribution is 5.76. The van der Waals surface area contributed by atoms with Crippen LogP contribution in [0.3, 0.4) is 0 Å². The lowest BCUT2D eigenvalue weighted by Crippen LogP contribution is -2.50. The molecule has 5 nitrogen and oxygen atoms in total. The van der Waals surface area contributed by atoms with Crippen LogP contribution in [0.25, 0.3) is 0 Å². The first-order valence-corrected chi connectivity index (χ1v) is 4.72. The van der Waals surface area contributed by atoms with E-state index in [0.717, 1.165) is 13.1 Å². The third-order valence-electron chi connectivity index (χ3n) is 2.51. The molecular weight excluding hydrogens is 184 g/mol. The van der Waals surface area contributed by atoms with E-state index in [9.17, 15) is 9.59 Å². The Morgan fingerprint density at radius 2 is 2.14 bits per heavy atom. The normalized spacial score (nSPS) is 20.1. The molecule has 0 aromatic rings. The molecule has 0 radical (unpaired) electrons. The molecular formula is C9H16N2O3. The average molecular weight is 200 g/mol. The van der Waals surface area contributed by atoms with E-state index in [2.05, 4.69) is 4.90 Å². The maximum absolute atomic E-state index is 10.7. The van der Waals surface area contributed by atoms with Gasteiger partial charge in [-0.25, -0.2) is 0 Å². The largest absolute Gasteiger partial charge is 0.481 e. The van der Waals surface area contributed by atoms with Crippen molar-refractivity contribution in [3.8, 4) is 0 Å². The first-order valence-electron chi connectivity index (χ1n) is 4.72. The summed E-state index contributed by atoms with van der Waals surface area (Å²) in [4.78, 5) is 23.1. The smallest absolute Gasteiger partial charge is 0.303 e. The van der Waals surface area contributed by atoms with E-state index in [4.69, 9.17) is 10.8 Å². The summed E-state index contributed by atoms with van der Waals surface area (Å²) >= 11 is 0. The fraction of sp³-hybridized carbons (Fsp3) is 0.778. The Balaban J connectivity index is 2.15. The molecule has 1 rings (SSSR count). The lowest BCUT2D eigenvalue weighted by Gasteiger charge is -2.39. The van der Waals surface area contributed by atoms with Gasteiger partial charge >= 0.3 is 5.97 Å². The predicted octanol–water partition coefficient (Wildman–Crippen LogP) is -0.486. The molecule has 1 aliphatic heterocycles. The van der Waals surface area contributed by atoms with E-state index in [1.54, 1.807) is 6.92 Å². The van der Waals surface area contributed by atoms with Gasteiger partial charge in [-0.15, -0.1) is 0 Å². The number of hydrogen-bond donors (Lipinski definition) is 2. The molecule has 0 aromatic carbocycles. The van der Waals surface area contributed by atoms with E-state index in [1.165, 1.54) is 0 Å². The molecule has 80 valence electrons. The van der Waals surface area contributed by atoms with Crippen molar-refractivity contribution in [3.63, 3.8) is 0 Å². The highest BCUT2D eigenvalue weighted by Crippen LogP contribution is 2.19. The fourth-order valence-electron chi connectivity index (χ4n) is 1.68. The second-order valence-electron chi connectivity index (χ2n) is 3.99. The number of rotatable bonds is 5. The van der Waals surface area contributed by atoms with Crippen molar-refractivity contribution in [2.75, 3.05) is 19.6 Å². The van der Waals surface area contributed by atoms with Crippen molar-refractivity contribution in [1.29, 1.82) is 0 Å². The van der Waals surface area contributed by atoms with Gasteiger partial charge in [0, 0.05) is 25.6 Å². The minimum absolute atomic E-state index is 0.152. The van der Waals surface area contributed by atoms with Crippen LogP contribution in [0.5, 0.6) is 0 Å². The summed E-state index contributed by atoms with van der Waals surface area (Å²) in [6.45, 7) is 3.96. The van der Waals surface area contributed by atoms with E-state index in [1.807, 2.05) is 0 Å². The van der Waals surface area contributed by atoms with E-state index in [0.29, 0.717) is 6.54 Å². The first-order chi connectivity index (χ1) is 6.49. The monoisotopic (exact) mass is 200 g/mol. The van der Waals surface area contributed by atoms with Gasteiger partial charge in [0.15, 0.2) is 0 Å². The summed E-state index contributed by atoms with van der Waals surface area (Å²) in [6.07, 6.45) is 0.224. The van der Waals surface area contributed by atoms with Crippen LogP contribution < -0.4 is 5.73 Å². The maximum Gasteiger partial charge on any atom is 0.303 e. The molecule has 3 N–H and O–H groups in total. The standard InChI is InChI=1S/C9H16N2O3/c1-6(9(10)14)3-11-4-7(5-11)2-8(12)13/h6-7H,2-5H2,1H3,(H2,10,14)(H,12,13). The average Bonchev–Trinajstić information content (AvgIpc) is 1.99. The van der Waals surface area contributed by atoms with E-state index >= 15 is 0 Å². The van der Waals surface area contributed by atoms with Gasteiger partial charge in [-0.1, -0.05) is 6.92 Å². The highest BCUT2D eigenvalue weighted by Gasteiger charge is 2.29. The number of likely N-dealkylation sites (tertiary alicyclic amines) is 1. The summed E-state index contributed by atoms with van der Waals surface area (Å²) < 4.78 is 0. The predicted molar refractivity (Wildman–Crippen MR) is 50.5 cm³/mol. The van der Waals surface area contributed by atoms with Crippen molar-refractivity contribution in [1.82, 2.24) is 4.90 Å². The molecule has 0 aliphatic carbocycles. The number of amides is 1. The number of nitrogens with two attached hydrogens (primary N) is 1. The van der Waals surface area contributed by atoms with Crippen LogP contribution in [0.2, 0.25) is 0 Å². The number of carboxylic acids is 1. The number of carboxylic acid groups (broad SMARTS) is 1. The third-order valence-corrected chi connectivity index (χ3v) is 2.51. The lowest BCUT2D eigenvalue weighted by atomic mass is 9.95. The van der Waals surface area contributed by atoms with Gasteiger partial charge in [-0.3, -0.25) is 9.59 Å². The van der Waals surface area contributed by atoms with Gasteiger partial charge in [-0.2, -0.15) is 0 Å². The fourth-order valence-corrected chi connectivity index (χ4v) is 1.68. The minimum atomic E-state index is -0.752. The van der Waals surface area contributed by atoms with Gasteiger partial charge in [0.1, 0.15) is 0 Å². The summed E-state index contributed by atoms with van der Waals surface area (Å²) in [5.41, 5.74) is 5.12. The van der Waals surface area contributed by atoms with Crippen LogP contribution in [0.15, 0.2) is 0 Å². The summed E-state index contributed by atoms with van der Waals surface area (Å²) in [7, 11) is 0. The summed E-state index contributed by atoms with van der Waals surface area (Å²) in [5.74, 6) is -0.961. The van der Waals surface area contributed by atoms with Crippen LogP contribution in [0, 0.1) is 11.8 Å². The van der Waals surface area contributed by atoms with Crippen LogP contribution >= 0.6 is 0 Å². The zero-order valence-electron chi connectivity index (χ0n) is 8.27. The second-order valence-corrected chi connectivity index (χ2v) is 3.99. The zero-order valence-corrected chi connectivity index (χ0v) is 8.27. The first kappa shape index (κ1) is 11.0. The number of aliphatic carboxylic acids is 1. The molecule has 0 saturated carbocycles. The van der Waals surface area contributed by atoms with E-state index in [-0.39, 0.29) is 24.2 Å². The van der Waals surface area contributed by atoms with Crippen LogP contribution in [0.1, 0.15) is 13.3 Å². The SMILES string of the molecule is CC(CN1CC(CC(=O)O)C1)C(N)=O. The number of primary amides is 1. The minimum Gasteiger partial charge on any atom is -0.481 e. The van der Waals surface area contributed by atoms with Crippen LogP contribution in [0.4, 0.5) is 0 Å². The van der Waals surface area contributed by atoms with Gasteiger partial charge in [0.25, 0.3) is 0 Å². The topological polar surface area (TPSA) is 83.6 Å². The molecule has 1 amide bonds. The summed E-state index contributed by atoms with van der Waals surface area (Å²) in [6, 6.07) is 0. The molecule has 5 heteroatoms. The van der Waals surface area contributed by atoms with Crippen molar-refractivity contribution < 1.29 is 14.7 Å². The molecule has 1 unspecified atom stereocenters. The van der Waals surface area contributed by atoms with Crippen molar-refractivity contribution in [2.24, 2.45) is 17.6 Å². The van der Waals surface area contributed by atoms with Crippen molar-refractivity contribution >= 4 is 11.9 Å². The number of hydrogen-bond acceptors (Lipinski definition) is 3. The Labute approximate surface area is 82.9 Å². The molecule has 1 heterocycles. The molecule has 0 spiro atoms. The quantitative estimate of drug-likeness (QED) is 0.627. The number of carbonyl (C=O) groups excluding carboxylic acids is 1. The lowest BCUT2D eigenvalue weighted by molar-refractivity contribution is -0.140. The molecule has 1 saturated heterocycles. The Hall–Kier alpha value is -1.10. The summed E-state index contributed by atoms with van der Waals surface area (Å²) in [5, 5.41) is 8.51. The van der Waals surface area contributed by atoms with Crippen LogP contribution in [-0.2, 0) is 9.59 Å². The van der Waals surface area contributed by atoms with Crippen molar-refractivity contribution in [2.45, 2.75) is 13.3 Å². The molecule has 1 aliphatic rings. The number of carbonyl (C=O) groups is 2. The Bertz CT molecular complexity index is 236. The highest BCUT2D eigenvalue weighted by atomic mass is 16.4. The number of nitrogens with zero attached hydrogens (tertiary/aromatic N) is 1. The molecule has 1 fully saturated rings. The Kier molecular flexibility index (Phi) is 3.46. The molecule has 14 heavy (non-hydrogen) atoms.